The Morgan fingerprint density at radius 3 is 2.78 bits per heavy atom. The molecule has 0 atom stereocenters. The molecule has 100 valence electrons. The van der Waals surface area contributed by atoms with E-state index in [2.05, 4.69) is 30.0 Å². The predicted molar refractivity (Wildman–Crippen MR) is 78.6 cm³/mol. The third-order valence-corrected chi connectivity index (χ3v) is 4.08. The summed E-state index contributed by atoms with van der Waals surface area (Å²) in [5.41, 5.74) is 8.05. The van der Waals surface area contributed by atoms with Crippen LogP contribution < -0.4 is 5.73 Å². The second-order valence-electron chi connectivity index (χ2n) is 5.54. The van der Waals surface area contributed by atoms with Gasteiger partial charge in [0.2, 0.25) is 0 Å². The quantitative estimate of drug-likeness (QED) is 0.748. The number of nitrogen functional groups attached to an aromatic ring is 1. The molecular weight excluding hydrogens is 220 g/mol. The van der Waals surface area contributed by atoms with E-state index in [9.17, 15) is 0 Å². The highest BCUT2D eigenvalue weighted by atomic mass is 15.1. The molecule has 0 heterocycles. The maximum Gasteiger partial charge on any atom is 0.0316 e. The van der Waals surface area contributed by atoms with Crippen LogP contribution in [0, 0.1) is 5.92 Å². The first-order valence-electron chi connectivity index (χ1n) is 7.34. The number of anilines is 1. The Bertz CT molecular complexity index is 358. The van der Waals surface area contributed by atoms with Crippen molar-refractivity contribution in [2.75, 3.05) is 25.4 Å². The van der Waals surface area contributed by atoms with Crippen LogP contribution in [0.1, 0.15) is 38.2 Å². The van der Waals surface area contributed by atoms with Gasteiger partial charge in [-0.2, -0.15) is 0 Å². The molecular formula is C16H26N2. The van der Waals surface area contributed by atoms with Crippen molar-refractivity contribution in [1.29, 1.82) is 0 Å². The van der Waals surface area contributed by atoms with Crippen LogP contribution in [-0.2, 0) is 6.42 Å². The molecule has 2 N–H and O–H groups in total. The Morgan fingerprint density at radius 2 is 2.17 bits per heavy atom. The summed E-state index contributed by atoms with van der Waals surface area (Å²) in [6, 6.07) is 8.29. The molecule has 0 aromatic heterocycles. The van der Waals surface area contributed by atoms with Gasteiger partial charge in [-0.25, -0.2) is 0 Å². The molecule has 0 bridgehead atoms. The predicted octanol–water partition coefficient (Wildman–Crippen LogP) is 3.32. The van der Waals surface area contributed by atoms with Crippen molar-refractivity contribution >= 4 is 5.69 Å². The maximum atomic E-state index is 5.80. The molecule has 1 aromatic rings. The number of benzene rings is 1. The molecule has 0 spiro atoms. The van der Waals surface area contributed by atoms with E-state index in [1.54, 1.807) is 0 Å². The Kier molecular flexibility index (Phi) is 5.06. The fourth-order valence-electron chi connectivity index (χ4n) is 2.67. The van der Waals surface area contributed by atoms with Gasteiger partial charge in [0.25, 0.3) is 0 Å². The van der Waals surface area contributed by atoms with Gasteiger partial charge < -0.3 is 10.6 Å². The highest BCUT2D eigenvalue weighted by molar-refractivity contribution is 5.40. The minimum atomic E-state index is 0.884. The zero-order valence-corrected chi connectivity index (χ0v) is 11.6. The molecule has 0 radical (unpaired) electrons. The smallest absolute Gasteiger partial charge is 0.0316 e. The van der Waals surface area contributed by atoms with Gasteiger partial charge in [-0.3, -0.25) is 0 Å². The number of aryl methyl sites for hydroxylation is 1. The van der Waals surface area contributed by atoms with Crippen LogP contribution in [0.2, 0.25) is 0 Å². The average Bonchev–Trinajstić information content (AvgIpc) is 2.31. The molecule has 0 amide bonds. The van der Waals surface area contributed by atoms with E-state index in [1.165, 1.54) is 50.9 Å². The fourth-order valence-corrected chi connectivity index (χ4v) is 2.67. The Morgan fingerprint density at radius 1 is 1.33 bits per heavy atom. The molecule has 1 aliphatic rings. The van der Waals surface area contributed by atoms with E-state index < -0.39 is 0 Å². The molecule has 0 saturated heterocycles. The van der Waals surface area contributed by atoms with Gasteiger partial charge in [0.05, 0.1) is 0 Å². The van der Waals surface area contributed by atoms with Crippen LogP contribution >= 0.6 is 0 Å². The zero-order chi connectivity index (χ0) is 12.8. The van der Waals surface area contributed by atoms with Crippen LogP contribution in [0.4, 0.5) is 5.69 Å². The minimum Gasteiger partial charge on any atom is -0.399 e. The van der Waals surface area contributed by atoms with E-state index in [4.69, 9.17) is 5.73 Å². The van der Waals surface area contributed by atoms with Crippen LogP contribution in [0.15, 0.2) is 24.3 Å². The molecule has 2 rings (SSSR count). The summed E-state index contributed by atoms with van der Waals surface area (Å²) in [7, 11) is 0. The van der Waals surface area contributed by atoms with E-state index >= 15 is 0 Å². The molecule has 2 nitrogen and oxygen atoms in total. The van der Waals surface area contributed by atoms with Crippen molar-refractivity contribution in [2.24, 2.45) is 5.92 Å². The summed E-state index contributed by atoms with van der Waals surface area (Å²) in [5.74, 6) is 0.984. The monoisotopic (exact) mass is 246 g/mol. The molecule has 2 heteroatoms. The van der Waals surface area contributed by atoms with Crippen molar-refractivity contribution in [3.8, 4) is 0 Å². The lowest BCUT2D eigenvalue weighted by atomic mass is 9.85. The Labute approximate surface area is 111 Å². The van der Waals surface area contributed by atoms with Crippen molar-refractivity contribution in [2.45, 2.75) is 39.0 Å². The molecule has 1 aliphatic carbocycles. The van der Waals surface area contributed by atoms with Gasteiger partial charge in [-0.05, 0) is 62.4 Å². The van der Waals surface area contributed by atoms with Gasteiger partial charge in [0.15, 0.2) is 0 Å². The first kappa shape index (κ1) is 13.4. The highest BCUT2D eigenvalue weighted by Crippen LogP contribution is 2.27. The van der Waals surface area contributed by atoms with Gasteiger partial charge in [0, 0.05) is 12.2 Å². The lowest BCUT2D eigenvalue weighted by Gasteiger charge is -2.31. The lowest BCUT2D eigenvalue weighted by Crippen LogP contribution is -2.33. The molecule has 1 aromatic carbocycles. The van der Waals surface area contributed by atoms with E-state index in [1.807, 2.05) is 6.07 Å². The third kappa shape index (κ3) is 4.02. The normalized spacial score (nSPS) is 15.9. The van der Waals surface area contributed by atoms with Crippen LogP contribution in [0.5, 0.6) is 0 Å². The minimum absolute atomic E-state index is 0.884. The SMILES string of the molecule is CCN(CCCc1cccc(N)c1)CC1CCC1. The first-order valence-corrected chi connectivity index (χ1v) is 7.34. The van der Waals surface area contributed by atoms with Crippen molar-refractivity contribution in [3.63, 3.8) is 0 Å². The second-order valence-corrected chi connectivity index (χ2v) is 5.54. The Hall–Kier alpha value is -1.02. The summed E-state index contributed by atoms with van der Waals surface area (Å²) in [4.78, 5) is 2.61. The van der Waals surface area contributed by atoms with Gasteiger partial charge in [-0.1, -0.05) is 25.5 Å². The summed E-state index contributed by atoms with van der Waals surface area (Å²) >= 11 is 0. The molecule has 18 heavy (non-hydrogen) atoms. The average molecular weight is 246 g/mol. The van der Waals surface area contributed by atoms with Gasteiger partial charge >= 0.3 is 0 Å². The van der Waals surface area contributed by atoms with Gasteiger partial charge in [0.1, 0.15) is 0 Å². The number of nitrogens with zero attached hydrogens (tertiary/aromatic N) is 1. The number of rotatable bonds is 7. The third-order valence-electron chi connectivity index (χ3n) is 4.08. The number of hydrogen-bond donors (Lipinski definition) is 1. The lowest BCUT2D eigenvalue weighted by molar-refractivity contribution is 0.183. The fraction of sp³-hybridized carbons (Fsp3) is 0.625. The molecule has 1 saturated carbocycles. The summed E-state index contributed by atoms with van der Waals surface area (Å²) < 4.78 is 0. The van der Waals surface area contributed by atoms with Crippen molar-refractivity contribution in [1.82, 2.24) is 4.90 Å². The standard InChI is InChI=1S/C16H26N2/c1-2-18(13-15-7-3-8-15)11-5-9-14-6-4-10-16(17)12-14/h4,6,10,12,15H,2-3,5,7-9,11,13,17H2,1H3. The van der Waals surface area contributed by atoms with Crippen molar-refractivity contribution < 1.29 is 0 Å². The zero-order valence-electron chi connectivity index (χ0n) is 11.6. The van der Waals surface area contributed by atoms with Crippen LogP contribution in [0.25, 0.3) is 0 Å². The number of hydrogen-bond acceptors (Lipinski definition) is 2. The molecule has 1 fully saturated rings. The Balaban J connectivity index is 1.69. The summed E-state index contributed by atoms with van der Waals surface area (Å²) in [5, 5.41) is 0. The van der Waals surface area contributed by atoms with E-state index in [-0.39, 0.29) is 0 Å². The first-order chi connectivity index (χ1) is 8.78. The topological polar surface area (TPSA) is 29.3 Å². The van der Waals surface area contributed by atoms with Crippen LogP contribution in [-0.4, -0.2) is 24.5 Å². The largest absolute Gasteiger partial charge is 0.399 e. The second kappa shape index (κ2) is 6.79. The van der Waals surface area contributed by atoms with Crippen LogP contribution in [0.3, 0.4) is 0 Å². The highest BCUT2D eigenvalue weighted by Gasteiger charge is 2.19. The summed E-state index contributed by atoms with van der Waals surface area (Å²) in [6.45, 7) is 6.00. The van der Waals surface area contributed by atoms with E-state index in [0.29, 0.717) is 0 Å². The molecule has 0 unspecified atom stereocenters. The van der Waals surface area contributed by atoms with Gasteiger partial charge in [-0.15, -0.1) is 0 Å². The van der Waals surface area contributed by atoms with Crippen molar-refractivity contribution in [3.05, 3.63) is 29.8 Å². The maximum absolute atomic E-state index is 5.80. The summed E-state index contributed by atoms with van der Waals surface area (Å²) in [6.07, 6.45) is 6.74. The molecule has 0 aliphatic heterocycles. The number of nitrogens with two attached hydrogens (primary N) is 1. The van der Waals surface area contributed by atoms with E-state index in [0.717, 1.165) is 18.0 Å².